The van der Waals surface area contributed by atoms with E-state index in [9.17, 15) is 0 Å². The Labute approximate surface area is 215 Å². The first-order valence-electron chi connectivity index (χ1n) is 14.0. The molecule has 0 saturated heterocycles. The molecule has 0 aromatic carbocycles. The molecule has 3 heteroatoms. The first kappa shape index (κ1) is 36.3. The fourth-order valence-corrected chi connectivity index (χ4v) is 4.68. The number of rotatable bonds is 24. The van der Waals surface area contributed by atoms with Gasteiger partial charge in [-0.3, -0.25) is 0 Å². The fraction of sp³-hybridized carbons (Fsp3) is 1.00. The van der Waals surface area contributed by atoms with Crippen LogP contribution in [-0.4, -0.2) is 5.54 Å². The molecule has 0 aliphatic carbocycles. The smallest absolute Gasteiger partial charge is 0.0154 e. The van der Waals surface area contributed by atoms with Crippen LogP contribution in [0.4, 0.5) is 0 Å². The molecule has 0 rings (SSSR count). The summed E-state index contributed by atoms with van der Waals surface area (Å²) < 4.78 is 0. The summed E-state index contributed by atoms with van der Waals surface area (Å²) in [6.45, 7) is 6.91. The van der Waals surface area contributed by atoms with Gasteiger partial charge < -0.3 is 5.73 Å². The van der Waals surface area contributed by atoms with Crippen molar-refractivity contribution in [2.45, 2.75) is 180 Å². The van der Waals surface area contributed by atoms with Crippen LogP contribution in [0.3, 0.4) is 0 Å². The molecule has 0 amide bonds. The predicted molar refractivity (Wildman–Crippen MR) is 152 cm³/mol. The van der Waals surface area contributed by atoms with Crippen LogP contribution in [0.2, 0.25) is 0 Å². The molecule has 0 bridgehead atoms. The summed E-state index contributed by atoms with van der Waals surface area (Å²) >= 11 is 0. The molecule has 0 saturated carbocycles. The third-order valence-corrected chi connectivity index (χ3v) is 6.83. The van der Waals surface area contributed by atoms with Gasteiger partial charge in [0.2, 0.25) is 0 Å². The molecule has 0 aromatic rings. The zero-order chi connectivity index (χ0) is 21.5. The molecule has 0 aliphatic heterocycles. The van der Waals surface area contributed by atoms with Crippen molar-refractivity contribution in [1.82, 2.24) is 0 Å². The van der Waals surface area contributed by atoms with Gasteiger partial charge in [-0.1, -0.05) is 156 Å². The van der Waals surface area contributed by atoms with Gasteiger partial charge in [0.15, 0.2) is 0 Å². The Kier molecular flexibility index (Phi) is 33.7. The number of unbranched alkanes of at least 4 members (excludes halogenated alkanes) is 18. The minimum absolute atomic E-state index is 0. The molecule has 0 spiro atoms. The lowest BCUT2D eigenvalue weighted by atomic mass is 9.82. The molecule has 0 fully saturated rings. The molecular weight excluding hydrogens is 466 g/mol. The van der Waals surface area contributed by atoms with Gasteiger partial charge in [0, 0.05) is 5.54 Å². The van der Waals surface area contributed by atoms with E-state index in [1.807, 2.05) is 0 Å². The van der Waals surface area contributed by atoms with Crippen LogP contribution in [0.15, 0.2) is 0 Å². The van der Waals surface area contributed by atoms with Gasteiger partial charge >= 0.3 is 0 Å². The second kappa shape index (κ2) is 28.8. The van der Waals surface area contributed by atoms with Crippen LogP contribution in [0, 0.1) is 0 Å². The molecule has 0 aromatic heterocycles. The largest absolute Gasteiger partial charge is 0.325 e. The van der Waals surface area contributed by atoms with E-state index in [0.717, 1.165) is 0 Å². The number of nitrogens with two attached hydrogens (primary N) is 1. The van der Waals surface area contributed by atoms with E-state index in [1.54, 1.807) is 0 Å². The second-order valence-corrected chi connectivity index (χ2v) is 9.98. The SMILES string of the molecule is Br.CCCCCCCCCC(N)(CCCCCCCCC)CCCCCCCCC.Cl. The van der Waals surface area contributed by atoms with Crippen molar-refractivity contribution in [3.05, 3.63) is 0 Å². The van der Waals surface area contributed by atoms with Gasteiger partial charge in [0.1, 0.15) is 0 Å². The van der Waals surface area contributed by atoms with Gasteiger partial charge in [-0.15, -0.1) is 29.4 Å². The molecule has 0 radical (unpaired) electrons. The summed E-state index contributed by atoms with van der Waals surface area (Å²) in [5.74, 6) is 0. The van der Waals surface area contributed by atoms with Crippen molar-refractivity contribution >= 4 is 29.4 Å². The summed E-state index contributed by atoms with van der Waals surface area (Å²) in [6.07, 6.45) is 33.2. The van der Waals surface area contributed by atoms with Gasteiger partial charge in [-0.05, 0) is 19.3 Å². The quantitative estimate of drug-likeness (QED) is 0.124. The van der Waals surface area contributed by atoms with E-state index in [4.69, 9.17) is 5.73 Å². The molecule has 0 atom stereocenters. The number of halogens is 2. The van der Waals surface area contributed by atoms with Gasteiger partial charge in [0.25, 0.3) is 0 Å². The lowest BCUT2D eigenvalue weighted by Gasteiger charge is -2.30. The second-order valence-electron chi connectivity index (χ2n) is 9.98. The normalized spacial score (nSPS) is 11.2. The first-order valence-corrected chi connectivity index (χ1v) is 14.0. The molecule has 0 unspecified atom stereocenters. The number of hydrogen-bond acceptors (Lipinski definition) is 1. The number of hydrogen-bond donors (Lipinski definition) is 1. The third kappa shape index (κ3) is 26.9. The molecule has 192 valence electrons. The average Bonchev–Trinajstić information content (AvgIpc) is 2.72. The van der Waals surface area contributed by atoms with E-state index < -0.39 is 0 Å². The Hall–Kier alpha value is 0.730. The van der Waals surface area contributed by atoms with Crippen LogP contribution < -0.4 is 5.73 Å². The fourth-order valence-electron chi connectivity index (χ4n) is 4.68. The standard InChI is InChI=1S/C28H59N.BrH.ClH/c1-4-7-10-13-16-19-22-25-28(29,26-23-20-17-14-11-8-5-2)27-24-21-18-15-12-9-6-3;;/h4-27,29H2,1-3H3;2*1H. The summed E-state index contributed by atoms with van der Waals surface area (Å²) in [4.78, 5) is 0. The van der Waals surface area contributed by atoms with Crippen LogP contribution in [0.25, 0.3) is 0 Å². The Morgan fingerprint density at radius 2 is 0.581 bits per heavy atom. The van der Waals surface area contributed by atoms with Crippen molar-refractivity contribution in [2.75, 3.05) is 0 Å². The van der Waals surface area contributed by atoms with Crippen LogP contribution in [0.1, 0.15) is 175 Å². The Morgan fingerprint density at radius 1 is 0.387 bits per heavy atom. The van der Waals surface area contributed by atoms with E-state index in [2.05, 4.69) is 20.8 Å². The molecular formula is C28H61BrClN. The Bertz CT molecular complexity index is 266. The summed E-state index contributed by atoms with van der Waals surface area (Å²) in [5.41, 5.74) is 7.12. The Balaban J connectivity index is -0.00000392. The lowest BCUT2D eigenvalue weighted by Crippen LogP contribution is -2.39. The average molecular weight is 527 g/mol. The van der Waals surface area contributed by atoms with Gasteiger partial charge in [-0.25, -0.2) is 0 Å². The summed E-state index contributed by atoms with van der Waals surface area (Å²) in [6, 6.07) is 0. The highest BCUT2D eigenvalue weighted by Crippen LogP contribution is 2.27. The van der Waals surface area contributed by atoms with Crippen LogP contribution >= 0.6 is 29.4 Å². The molecule has 0 heterocycles. The van der Waals surface area contributed by atoms with E-state index >= 15 is 0 Å². The molecule has 0 aliphatic rings. The van der Waals surface area contributed by atoms with Crippen molar-refractivity contribution in [3.63, 3.8) is 0 Å². The van der Waals surface area contributed by atoms with Crippen molar-refractivity contribution < 1.29 is 0 Å². The van der Waals surface area contributed by atoms with E-state index in [0.29, 0.717) is 0 Å². The minimum atomic E-state index is 0. The lowest BCUT2D eigenvalue weighted by molar-refractivity contribution is 0.302. The van der Waals surface area contributed by atoms with Crippen LogP contribution in [0.5, 0.6) is 0 Å². The van der Waals surface area contributed by atoms with Crippen molar-refractivity contribution in [1.29, 1.82) is 0 Å². The third-order valence-electron chi connectivity index (χ3n) is 6.83. The highest BCUT2D eigenvalue weighted by molar-refractivity contribution is 8.93. The maximum absolute atomic E-state index is 6.99. The van der Waals surface area contributed by atoms with Gasteiger partial charge in [0.05, 0.1) is 0 Å². The maximum atomic E-state index is 6.99. The highest BCUT2D eigenvalue weighted by Gasteiger charge is 2.23. The Morgan fingerprint density at radius 3 is 0.806 bits per heavy atom. The highest BCUT2D eigenvalue weighted by atomic mass is 79.9. The minimum Gasteiger partial charge on any atom is -0.325 e. The zero-order valence-corrected chi connectivity index (χ0v) is 24.4. The van der Waals surface area contributed by atoms with Crippen LogP contribution in [-0.2, 0) is 0 Å². The maximum Gasteiger partial charge on any atom is 0.0154 e. The first-order chi connectivity index (χ1) is 14.2. The summed E-state index contributed by atoms with van der Waals surface area (Å²) in [5, 5.41) is 0. The van der Waals surface area contributed by atoms with E-state index in [-0.39, 0.29) is 34.9 Å². The monoisotopic (exact) mass is 525 g/mol. The van der Waals surface area contributed by atoms with E-state index in [1.165, 1.54) is 154 Å². The van der Waals surface area contributed by atoms with Gasteiger partial charge in [-0.2, -0.15) is 0 Å². The molecule has 2 N–H and O–H groups in total. The topological polar surface area (TPSA) is 26.0 Å². The van der Waals surface area contributed by atoms with Crippen molar-refractivity contribution in [2.24, 2.45) is 5.73 Å². The zero-order valence-electron chi connectivity index (χ0n) is 21.9. The predicted octanol–water partition coefficient (Wildman–Crippen LogP) is 11.1. The molecule has 31 heavy (non-hydrogen) atoms. The molecule has 1 nitrogen and oxygen atoms in total. The van der Waals surface area contributed by atoms with Crippen molar-refractivity contribution in [3.8, 4) is 0 Å². The summed E-state index contributed by atoms with van der Waals surface area (Å²) in [7, 11) is 0.